The predicted octanol–water partition coefficient (Wildman–Crippen LogP) is 0.465. The van der Waals surface area contributed by atoms with Crippen LogP contribution in [0.5, 0.6) is 0 Å². The van der Waals surface area contributed by atoms with Crippen LogP contribution in [0.3, 0.4) is 0 Å². The molecule has 2 amide bonds. The molecule has 2 saturated heterocycles. The molecule has 0 spiro atoms. The summed E-state index contributed by atoms with van der Waals surface area (Å²) >= 11 is 0. The van der Waals surface area contributed by atoms with Crippen LogP contribution < -0.4 is 15.5 Å². The number of hydrogen-bond acceptors (Lipinski definition) is 6. The molecule has 3 rings (SSSR count). The molecule has 0 bridgehead atoms. The summed E-state index contributed by atoms with van der Waals surface area (Å²) in [6.45, 7) is 8.06. The number of piperidine rings is 1. The molecular weight excluding hydrogens is 320 g/mol. The molecule has 0 unspecified atom stereocenters. The molecule has 2 aliphatic heterocycles. The third-order valence-electron chi connectivity index (χ3n) is 4.68. The van der Waals surface area contributed by atoms with Crippen molar-refractivity contribution in [3.05, 3.63) is 18.5 Å². The van der Waals surface area contributed by atoms with Gasteiger partial charge in [-0.1, -0.05) is 0 Å². The topological polar surface area (TPSA) is 82.6 Å². The zero-order chi connectivity index (χ0) is 17.5. The van der Waals surface area contributed by atoms with E-state index in [9.17, 15) is 4.79 Å². The minimum atomic E-state index is -0.0739. The zero-order valence-corrected chi connectivity index (χ0v) is 14.9. The molecule has 8 nitrogen and oxygen atoms in total. The van der Waals surface area contributed by atoms with E-state index in [1.165, 1.54) is 0 Å². The van der Waals surface area contributed by atoms with Gasteiger partial charge in [0.05, 0.1) is 13.2 Å². The van der Waals surface area contributed by atoms with Crippen LogP contribution in [0.2, 0.25) is 0 Å². The highest BCUT2D eigenvalue weighted by atomic mass is 16.5. The number of aromatic nitrogens is 2. The Morgan fingerprint density at radius 2 is 1.92 bits per heavy atom. The SMILES string of the molecule is C[C@@H](CN1CCOCC1)NC(=O)NC1CCN(c2ncccn2)CC1. The number of nitrogens with one attached hydrogen (secondary N) is 2. The Labute approximate surface area is 148 Å². The summed E-state index contributed by atoms with van der Waals surface area (Å²) in [5, 5.41) is 6.14. The predicted molar refractivity (Wildman–Crippen MR) is 95.7 cm³/mol. The minimum absolute atomic E-state index is 0.0739. The fourth-order valence-corrected chi connectivity index (χ4v) is 3.35. The van der Waals surface area contributed by atoms with Gasteiger partial charge in [0.1, 0.15) is 0 Å². The Bertz CT molecular complexity index is 529. The quantitative estimate of drug-likeness (QED) is 0.805. The van der Waals surface area contributed by atoms with Crippen molar-refractivity contribution in [2.24, 2.45) is 0 Å². The van der Waals surface area contributed by atoms with E-state index in [-0.39, 0.29) is 18.1 Å². The molecule has 138 valence electrons. The summed E-state index contributed by atoms with van der Waals surface area (Å²) in [7, 11) is 0. The number of morpholine rings is 1. The summed E-state index contributed by atoms with van der Waals surface area (Å²) in [5.74, 6) is 0.768. The Morgan fingerprint density at radius 3 is 2.60 bits per heavy atom. The van der Waals surface area contributed by atoms with Crippen LogP contribution in [-0.2, 0) is 4.74 Å². The van der Waals surface area contributed by atoms with E-state index in [0.29, 0.717) is 0 Å². The van der Waals surface area contributed by atoms with E-state index < -0.39 is 0 Å². The first-order chi connectivity index (χ1) is 12.2. The lowest BCUT2D eigenvalue weighted by atomic mass is 10.1. The van der Waals surface area contributed by atoms with Gasteiger partial charge in [-0.05, 0) is 25.8 Å². The van der Waals surface area contributed by atoms with Crippen molar-refractivity contribution in [2.45, 2.75) is 31.8 Å². The lowest BCUT2D eigenvalue weighted by Crippen LogP contribution is -2.52. The average molecular weight is 348 g/mol. The summed E-state index contributed by atoms with van der Waals surface area (Å²) in [6.07, 6.45) is 5.33. The van der Waals surface area contributed by atoms with Gasteiger partial charge in [-0.3, -0.25) is 4.90 Å². The first-order valence-electron chi connectivity index (χ1n) is 9.10. The first-order valence-corrected chi connectivity index (χ1v) is 9.10. The third kappa shape index (κ3) is 5.54. The largest absolute Gasteiger partial charge is 0.379 e. The molecule has 0 saturated carbocycles. The Balaban J connectivity index is 1.36. The number of nitrogens with zero attached hydrogens (tertiary/aromatic N) is 4. The maximum absolute atomic E-state index is 12.2. The number of amides is 2. The van der Waals surface area contributed by atoms with Gasteiger partial charge in [0.15, 0.2) is 0 Å². The molecule has 0 radical (unpaired) electrons. The number of carbonyl (C=O) groups excluding carboxylic acids is 1. The average Bonchev–Trinajstić information content (AvgIpc) is 2.63. The highest BCUT2D eigenvalue weighted by Gasteiger charge is 2.23. The monoisotopic (exact) mass is 348 g/mol. The van der Waals surface area contributed by atoms with Gasteiger partial charge in [0.25, 0.3) is 0 Å². The van der Waals surface area contributed by atoms with Crippen molar-refractivity contribution in [1.82, 2.24) is 25.5 Å². The van der Waals surface area contributed by atoms with Crippen molar-refractivity contribution >= 4 is 12.0 Å². The number of ether oxygens (including phenoxy) is 1. The van der Waals surface area contributed by atoms with Crippen molar-refractivity contribution in [3.63, 3.8) is 0 Å². The smallest absolute Gasteiger partial charge is 0.315 e. The van der Waals surface area contributed by atoms with Gasteiger partial charge >= 0.3 is 6.03 Å². The molecule has 1 atom stereocenters. The van der Waals surface area contributed by atoms with Gasteiger partial charge in [-0.25, -0.2) is 14.8 Å². The lowest BCUT2D eigenvalue weighted by molar-refractivity contribution is 0.0349. The molecule has 2 aliphatic rings. The molecule has 2 N–H and O–H groups in total. The second-order valence-corrected chi connectivity index (χ2v) is 6.74. The lowest BCUT2D eigenvalue weighted by Gasteiger charge is -2.33. The second kappa shape index (κ2) is 8.96. The third-order valence-corrected chi connectivity index (χ3v) is 4.68. The van der Waals surface area contributed by atoms with E-state index in [1.54, 1.807) is 12.4 Å². The van der Waals surface area contributed by atoms with E-state index in [2.05, 4.69) is 30.4 Å². The highest BCUT2D eigenvalue weighted by molar-refractivity contribution is 5.74. The zero-order valence-electron chi connectivity index (χ0n) is 14.9. The summed E-state index contributed by atoms with van der Waals surface area (Å²) < 4.78 is 5.35. The normalized spacial score (nSPS) is 20.9. The van der Waals surface area contributed by atoms with Crippen molar-refractivity contribution in [1.29, 1.82) is 0 Å². The van der Waals surface area contributed by atoms with Gasteiger partial charge in [-0.15, -0.1) is 0 Å². The Morgan fingerprint density at radius 1 is 1.24 bits per heavy atom. The van der Waals surface area contributed by atoms with Crippen molar-refractivity contribution < 1.29 is 9.53 Å². The number of urea groups is 1. The maximum Gasteiger partial charge on any atom is 0.315 e. The summed E-state index contributed by atoms with van der Waals surface area (Å²) in [4.78, 5) is 25.3. The van der Waals surface area contributed by atoms with E-state index in [4.69, 9.17) is 4.74 Å². The Hall–Kier alpha value is -1.93. The molecule has 2 fully saturated rings. The van der Waals surface area contributed by atoms with E-state index in [1.807, 2.05) is 13.0 Å². The summed E-state index contributed by atoms with van der Waals surface area (Å²) in [6, 6.07) is 2.07. The van der Waals surface area contributed by atoms with Crippen molar-refractivity contribution in [3.8, 4) is 0 Å². The number of rotatable bonds is 5. The summed E-state index contributed by atoms with van der Waals surface area (Å²) in [5.41, 5.74) is 0. The molecule has 1 aromatic heterocycles. The van der Waals surface area contributed by atoms with Crippen LogP contribution >= 0.6 is 0 Å². The van der Waals surface area contributed by atoms with Crippen LogP contribution in [0.15, 0.2) is 18.5 Å². The van der Waals surface area contributed by atoms with E-state index >= 15 is 0 Å². The fourth-order valence-electron chi connectivity index (χ4n) is 3.35. The first kappa shape index (κ1) is 17.9. The van der Waals surface area contributed by atoms with Gasteiger partial charge in [0, 0.05) is 57.2 Å². The minimum Gasteiger partial charge on any atom is -0.379 e. The molecule has 0 aromatic carbocycles. The van der Waals surface area contributed by atoms with Gasteiger partial charge < -0.3 is 20.3 Å². The van der Waals surface area contributed by atoms with Crippen molar-refractivity contribution in [2.75, 3.05) is 50.8 Å². The number of hydrogen-bond donors (Lipinski definition) is 2. The van der Waals surface area contributed by atoms with Gasteiger partial charge in [0.2, 0.25) is 5.95 Å². The van der Waals surface area contributed by atoms with Crippen LogP contribution in [0.1, 0.15) is 19.8 Å². The van der Waals surface area contributed by atoms with Gasteiger partial charge in [-0.2, -0.15) is 0 Å². The van der Waals surface area contributed by atoms with Crippen LogP contribution in [0.4, 0.5) is 10.7 Å². The Kier molecular flexibility index (Phi) is 6.41. The maximum atomic E-state index is 12.2. The fraction of sp³-hybridized carbons (Fsp3) is 0.706. The van der Waals surface area contributed by atoms with Crippen LogP contribution in [-0.4, -0.2) is 78.9 Å². The molecule has 3 heterocycles. The van der Waals surface area contributed by atoms with E-state index in [0.717, 1.165) is 64.7 Å². The molecular formula is C17H28N6O2. The van der Waals surface area contributed by atoms with Crippen LogP contribution in [0, 0.1) is 0 Å². The molecule has 8 heteroatoms. The second-order valence-electron chi connectivity index (χ2n) is 6.74. The standard InChI is InChI=1S/C17H28N6O2/c1-14(13-22-9-11-25-12-10-22)20-17(24)21-15-3-7-23(8-4-15)16-18-5-2-6-19-16/h2,5-6,14-15H,3-4,7-13H2,1H3,(H2,20,21,24)/t14-/m0/s1. The molecule has 1 aromatic rings. The molecule has 0 aliphatic carbocycles. The number of anilines is 1. The highest BCUT2D eigenvalue weighted by Crippen LogP contribution is 2.15. The molecule has 25 heavy (non-hydrogen) atoms. The number of carbonyl (C=O) groups is 1. The van der Waals surface area contributed by atoms with Crippen LogP contribution in [0.25, 0.3) is 0 Å².